The number of nitrogens with two attached hydrogens (primary N) is 1. The zero-order chi connectivity index (χ0) is 17.3. The third kappa shape index (κ3) is 3.20. The summed E-state index contributed by atoms with van der Waals surface area (Å²) in [5, 5.41) is 0. The topological polar surface area (TPSA) is 46.3 Å². The summed E-state index contributed by atoms with van der Waals surface area (Å²) in [4.78, 5) is 14.2. The van der Waals surface area contributed by atoms with E-state index < -0.39 is 5.82 Å². The van der Waals surface area contributed by atoms with Crippen molar-refractivity contribution in [2.75, 3.05) is 19.6 Å². The molecule has 3 nitrogen and oxygen atoms in total. The molecule has 1 fully saturated rings. The summed E-state index contributed by atoms with van der Waals surface area (Å²) in [5.74, 6) is -0.381. The van der Waals surface area contributed by atoms with E-state index in [1.54, 1.807) is 11.0 Å². The Labute approximate surface area is 142 Å². The van der Waals surface area contributed by atoms with Crippen LogP contribution in [0.15, 0.2) is 36.4 Å². The largest absolute Gasteiger partial charge is 0.338 e. The number of rotatable bonds is 3. The van der Waals surface area contributed by atoms with E-state index in [1.807, 2.05) is 38.1 Å². The van der Waals surface area contributed by atoms with Crippen molar-refractivity contribution in [3.8, 4) is 11.1 Å². The van der Waals surface area contributed by atoms with Crippen LogP contribution in [-0.4, -0.2) is 30.4 Å². The number of carbonyl (C=O) groups is 1. The van der Waals surface area contributed by atoms with Gasteiger partial charge in [-0.3, -0.25) is 4.79 Å². The zero-order valence-electron chi connectivity index (χ0n) is 14.2. The third-order valence-electron chi connectivity index (χ3n) is 4.95. The first-order valence-electron chi connectivity index (χ1n) is 8.36. The number of halogens is 1. The van der Waals surface area contributed by atoms with E-state index in [4.69, 9.17) is 5.73 Å². The number of hydrogen-bond donors (Lipinski definition) is 1. The van der Waals surface area contributed by atoms with Crippen LogP contribution in [-0.2, 0) is 0 Å². The summed E-state index contributed by atoms with van der Waals surface area (Å²) < 4.78 is 14.5. The highest BCUT2D eigenvalue weighted by molar-refractivity contribution is 5.95. The Bertz CT molecular complexity index is 772. The fourth-order valence-corrected chi connectivity index (χ4v) is 3.17. The fourth-order valence-electron chi connectivity index (χ4n) is 3.17. The Hall–Kier alpha value is -2.20. The molecule has 0 aromatic heterocycles. The molecule has 1 amide bonds. The number of likely N-dealkylation sites (tertiary alicyclic amines) is 1. The van der Waals surface area contributed by atoms with E-state index in [0.29, 0.717) is 25.6 Å². The zero-order valence-corrected chi connectivity index (χ0v) is 14.2. The quantitative estimate of drug-likeness (QED) is 0.938. The predicted molar refractivity (Wildman–Crippen MR) is 94.4 cm³/mol. The minimum absolute atomic E-state index is 0.139. The Balaban J connectivity index is 1.84. The summed E-state index contributed by atoms with van der Waals surface area (Å²) in [5.41, 5.74) is 9.91. The first-order chi connectivity index (χ1) is 11.5. The lowest BCUT2D eigenvalue weighted by Crippen LogP contribution is -2.30. The van der Waals surface area contributed by atoms with Crippen LogP contribution < -0.4 is 5.73 Å². The summed E-state index contributed by atoms with van der Waals surface area (Å²) in [7, 11) is 0. The van der Waals surface area contributed by atoms with Crippen LogP contribution in [0.1, 0.15) is 27.9 Å². The first kappa shape index (κ1) is 16.7. The molecular formula is C20H23FN2O. The molecule has 1 saturated heterocycles. The van der Waals surface area contributed by atoms with Gasteiger partial charge in [-0.05, 0) is 67.1 Å². The van der Waals surface area contributed by atoms with E-state index >= 15 is 0 Å². The van der Waals surface area contributed by atoms with Gasteiger partial charge in [0.2, 0.25) is 0 Å². The van der Waals surface area contributed by atoms with Gasteiger partial charge in [0.05, 0.1) is 5.56 Å². The highest BCUT2D eigenvalue weighted by Gasteiger charge is 2.27. The van der Waals surface area contributed by atoms with Gasteiger partial charge in [0, 0.05) is 13.1 Å². The van der Waals surface area contributed by atoms with Crippen LogP contribution in [0.3, 0.4) is 0 Å². The number of aryl methyl sites for hydroxylation is 2. The van der Waals surface area contributed by atoms with E-state index in [0.717, 1.165) is 23.1 Å². The van der Waals surface area contributed by atoms with Crippen molar-refractivity contribution in [1.29, 1.82) is 0 Å². The van der Waals surface area contributed by atoms with Crippen molar-refractivity contribution >= 4 is 5.91 Å². The minimum atomic E-state index is -0.466. The molecule has 0 spiro atoms. The maximum Gasteiger partial charge on any atom is 0.256 e. The van der Waals surface area contributed by atoms with Crippen molar-refractivity contribution in [2.24, 2.45) is 11.7 Å². The summed E-state index contributed by atoms with van der Waals surface area (Å²) in [6.45, 7) is 5.92. The summed E-state index contributed by atoms with van der Waals surface area (Å²) >= 11 is 0. The lowest BCUT2D eigenvalue weighted by molar-refractivity contribution is 0.0783. The number of hydrogen-bond acceptors (Lipinski definition) is 2. The molecule has 2 aromatic rings. The van der Waals surface area contributed by atoms with E-state index in [2.05, 4.69) is 0 Å². The van der Waals surface area contributed by atoms with Gasteiger partial charge >= 0.3 is 0 Å². The average molecular weight is 326 g/mol. The molecule has 1 aliphatic heterocycles. The van der Waals surface area contributed by atoms with Crippen LogP contribution in [0, 0.1) is 25.6 Å². The second-order valence-electron chi connectivity index (χ2n) is 6.64. The van der Waals surface area contributed by atoms with E-state index in [1.165, 1.54) is 11.6 Å². The van der Waals surface area contributed by atoms with Crippen molar-refractivity contribution in [1.82, 2.24) is 4.90 Å². The second-order valence-corrected chi connectivity index (χ2v) is 6.64. The molecule has 0 bridgehead atoms. The van der Waals surface area contributed by atoms with Crippen molar-refractivity contribution in [2.45, 2.75) is 20.3 Å². The molecular weight excluding hydrogens is 303 g/mol. The molecule has 2 aromatic carbocycles. The van der Waals surface area contributed by atoms with E-state index in [-0.39, 0.29) is 11.5 Å². The second kappa shape index (κ2) is 6.73. The number of nitrogens with zero attached hydrogens (tertiary/aromatic N) is 1. The maximum absolute atomic E-state index is 14.5. The number of amides is 1. The molecule has 3 rings (SSSR count). The van der Waals surface area contributed by atoms with Crippen molar-refractivity contribution in [3.63, 3.8) is 0 Å². The first-order valence-corrected chi connectivity index (χ1v) is 8.36. The van der Waals surface area contributed by atoms with E-state index in [9.17, 15) is 9.18 Å². The fraction of sp³-hybridized carbons (Fsp3) is 0.350. The van der Waals surface area contributed by atoms with Crippen molar-refractivity contribution in [3.05, 3.63) is 58.9 Å². The van der Waals surface area contributed by atoms with Crippen LogP contribution in [0.2, 0.25) is 0 Å². The van der Waals surface area contributed by atoms with Crippen LogP contribution in [0.4, 0.5) is 4.39 Å². The monoisotopic (exact) mass is 326 g/mol. The van der Waals surface area contributed by atoms with Gasteiger partial charge in [-0.2, -0.15) is 0 Å². The number of benzene rings is 2. The Kier molecular flexibility index (Phi) is 4.67. The molecule has 126 valence electrons. The molecule has 2 N–H and O–H groups in total. The van der Waals surface area contributed by atoms with Gasteiger partial charge in [-0.25, -0.2) is 4.39 Å². The SMILES string of the molecule is Cc1ccc(-c2ccc(C(=O)N3CC[C@H](CN)C3)c(F)c2)cc1C. The van der Waals surface area contributed by atoms with Gasteiger partial charge in [0.25, 0.3) is 5.91 Å². The molecule has 24 heavy (non-hydrogen) atoms. The Morgan fingerprint density at radius 3 is 2.50 bits per heavy atom. The van der Waals surface area contributed by atoms with Gasteiger partial charge < -0.3 is 10.6 Å². The highest BCUT2D eigenvalue weighted by Crippen LogP contribution is 2.26. The summed E-state index contributed by atoms with van der Waals surface area (Å²) in [6.07, 6.45) is 0.893. The standard InChI is InChI=1S/C20H23FN2O/c1-13-3-4-16(9-14(13)2)17-5-6-18(19(21)10-17)20(24)23-8-7-15(11-22)12-23/h3-6,9-10,15H,7-8,11-12,22H2,1-2H3/t15-/m1/s1. The molecule has 0 unspecified atom stereocenters. The predicted octanol–water partition coefficient (Wildman–Crippen LogP) is 3.53. The summed E-state index contributed by atoms with van der Waals surface area (Å²) in [6, 6.07) is 10.9. The van der Waals surface area contributed by atoms with Gasteiger partial charge in [-0.15, -0.1) is 0 Å². The molecule has 4 heteroatoms. The number of carbonyl (C=O) groups excluding carboxylic acids is 1. The average Bonchev–Trinajstić information content (AvgIpc) is 3.06. The van der Waals surface area contributed by atoms with Gasteiger partial charge in [0.1, 0.15) is 5.82 Å². The van der Waals surface area contributed by atoms with Crippen molar-refractivity contribution < 1.29 is 9.18 Å². The molecule has 1 atom stereocenters. The van der Waals surface area contributed by atoms with Gasteiger partial charge in [-0.1, -0.05) is 24.3 Å². The Morgan fingerprint density at radius 2 is 1.88 bits per heavy atom. The molecule has 0 aliphatic carbocycles. The smallest absolute Gasteiger partial charge is 0.256 e. The van der Waals surface area contributed by atoms with Crippen LogP contribution >= 0.6 is 0 Å². The van der Waals surface area contributed by atoms with Crippen LogP contribution in [0.25, 0.3) is 11.1 Å². The lowest BCUT2D eigenvalue weighted by atomic mass is 9.99. The molecule has 0 radical (unpaired) electrons. The minimum Gasteiger partial charge on any atom is -0.338 e. The molecule has 1 aliphatic rings. The van der Waals surface area contributed by atoms with Gasteiger partial charge in [0.15, 0.2) is 0 Å². The lowest BCUT2D eigenvalue weighted by Gasteiger charge is -2.17. The third-order valence-corrected chi connectivity index (χ3v) is 4.95. The van der Waals surface area contributed by atoms with Crippen LogP contribution in [0.5, 0.6) is 0 Å². The highest BCUT2D eigenvalue weighted by atomic mass is 19.1. The maximum atomic E-state index is 14.5. The normalized spacial score (nSPS) is 17.3. The molecule has 1 heterocycles. The Morgan fingerprint density at radius 1 is 1.17 bits per heavy atom. The molecule has 0 saturated carbocycles.